The lowest BCUT2D eigenvalue weighted by Crippen LogP contribution is -2.42. The fourth-order valence-electron chi connectivity index (χ4n) is 4.85. The van der Waals surface area contributed by atoms with Crippen molar-refractivity contribution < 1.29 is 18.7 Å². The van der Waals surface area contributed by atoms with Crippen molar-refractivity contribution >= 4 is 39.9 Å². The number of carbonyl (C=O) groups is 2. The number of carbonyl (C=O) groups excluding carboxylic acids is 2. The van der Waals surface area contributed by atoms with Crippen molar-refractivity contribution in [3.05, 3.63) is 125 Å². The fourth-order valence-corrected chi connectivity index (χ4v) is 5.65. The number of hydrogen-bond donors (Lipinski definition) is 1. The minimum absolute atomic E-state index is 0.0288. The molecule has 0 saturated carbocycles. The molecule has 1 N–H and O–H groups in total. The van der Waals surface area contributed by atoms with Crippen LogP contribution in [0.2, 0.25) is 0 Å². The van der Waals surface area contributed by atoms with E-state index >= 15 is 0 Å². The van der Waals surface area contributed by atoms with Gasteiger partial charge in [-0.1, -0.05) is 59.8 Å². The molecule has 9 nitrogen and oxygen atoms in total. The lowest BCUT2D eigenvalue weighted by Gasteiger charge is -2.31. The monoisotopic (exact) mass is 606 g/mol. The summed E-state index contributed by atoms with van der Waals surface area (Å²) >= 11 is 1.39. The van der Waals surface area contributed by atoms with Gasteiger partial charge in [-0.25, -0.2) is 14.1 Å². The minimum atomic E-state index is -1.12. The maximum atomic E-state index is 14.2. The van der Waals surface area contributed by atoms with Crippen LogP contribution in [-0.2, 0) is 22.7 Å². The molecular formula is C33H27FN6O3S. The number of fused-ring (bicyclic) bond motifs is 1. The summed E-state index contributed by atoms with van der Waals surface area (Å²) in [6.07, 6.45) is 0. The maximum absolute atomic E-state index is 14.2. The molecule has 6 rings (SSSR count). The van der Waals surface area contributed by atoms with Gasteiger partial charge in [-0.05, 0) is 54.1 Å². The molecule has 0 spiro atoms. The van der Waals surface area contributed by atoms with Crippen molar-refractivity contribution in [2.75, 3.05) is 12.4 Å². The molecule has 44 heavy (non-hydrogen) atoms. The Kier molecular flexibility index (Phi) is 8.37. The maximum Gasteiger partial charge on any atom is 0.251 e. The molecule has 2 heterocycles. The molecule has 1 atom stereocenters. The number of nitrogens with zero attached hydrogens (tertiary/aromatic N) is 5. The molecule has 2 aromatic heterocycles. The van der Waals surface area contributed by atoms with Gasteiger partial charge in [0.25, 0.3) is 5.91 Å². The highest BCUT2D eigenvalue weighted by Gasteiger charge is 2.33. The van der Waals surface area contributed by atoms with E-state index in [2.05, 4.69) is 15.6 Å². The molecule has 2 amide bonds. The van der Waals surface area contributed by atoms with E-state index < -0.39 is 23.7 Å². The molecule has 0 aliphatic rings. The third-order valence-corrected chi connectivity index (χ3v) is 7.89. The number of methoxy groups -OCH3 is 1. The topological polar surface area (TPSA) is 102 Å². The summed E-state index contributed by atoms with van der Waals surface area (Å²) in [6.45, 7) is -0.147. The van der Waals surface area contributed by atoms with E-state index in [9.17, 15) is 14.0 Å². The number of rotatable bonds is 10. The summed E-state index contributed by atoms with van der Waals surface area (Å²) in [5, 5.41) is 13.8. The van der Waals surface area contributed by atoms with Gasteiger partial charge in [-0.2, -0.15) is 0 Å². The minimum Gasteiger partial charge on any atom is -0.497 e. The van der Waals surface area contributed by atoms with Crippen molar-refractivity contribution in [1.29, 1.82) is 0 Å². The average Bonchev–Trinajstić information content (AvgIpc) is 3.70. The summed E-state index contributed by atoms with van der Waals surface area (Å²) in [7, 11) is 1.56. The molecular weight excluding hydrogens is 579 g/mol. The molecule has 0 aliphatic heterocycles. The Labute approximate surface area is 256 Å². The van der Waals surface area contributed by atoms with Crippen LogP contribution < -0.4 is 10.1 Å². The first-order valence-corrected chi connectivity index (χ1v) is 14.6. The zero-order valence-corrected chi connectivity index (χ0v) is 24.4. The molecule has 6 aromatic rings. The van der Waals surface area contributed by atoms with Gasteiger partial charge in [0, 0.05) is 16.6 Å². The number of ether oxygens (including phenoxy) is 1. The van der Waals surface area contributed by atoms with Crippen LogP contribution in [0.5, 0.6) is 5.75 Å². The van der Waals surface area contributed by atoms with E-state index in [-0.39, 0.29) is 13.1 Å². The molecule has 0 fully saturated rings. The summed E-state index contributed by atoms with van der Waals surface area (Å²) in [5.74, 6) is -0.690. The van der Waals surface area contributed by atoms with E-state index in [1.54, 1.807) is 31.4 Å². The largest absolute Gasteiger partial charge is 0.497 e. The van der Waals surface area contributed by atoms with Crippen LogP contribution in [0.3, 0.4) is 0 Å². The smallest absolute Gasteiger partial charge is 0.251 e. The second-order valence-corrected chi connectivity index (χ2v) is 10.9. The van der Waals surface area contributed by atoms with Crippen molar-refractivity contribution in [3.8, 4) is 17.0 Å². The molecule has 11 heteroatoms. The van der Waals surface area contributed by atoms with Gasteiger partial charge < -0.3 is 15.0 Å². The Morgan fingerprint density at radius 3 is 2.43 bits per heavy atom. The predicted octanol–water partition coefficient (Wildman–Crippen LogP) is 6.11. The first-order chi connectivity index (χ1) is 21.5. The van der Waals surface area contributed by atoms with Gasteiger partial charge in [-0.3, -0.25) is 9.59 Å². The zero-order valence-electron chi connectivity index (χ0n) is 23.6. The molecule has 0 radical (unpaired) electrons. The standard InChI is InChI=1S/C33H27FN6O3S/c1-43-26-17-15-25(16-18-26)35-33(42)32(23-11-13-24(34)14-12-23)39(19-30-36-28(21-44-30)22-7-3-2-4-8-22)31(41)20-40-29-10-6-5-9-27(29)37-38-40/h2-18,21,32H,19-20H2,1H3,(H,35,42)/t32-/m0/s1. The van der Waals surface area contributed by atoms with Crippen LogP contribution in [-0.4, -0.2) is 43.8 Å². The van der Waals surface area contributed by atoms with E-state index in [1.165, 1.54) is 45.2 Å². The Morgan fingerprint density at radius 1 is 0.955 bits per heavy atom. The van der Waals surface area contributed by atoms with Crippen LogP contribution in [0.4, 0.5) is 10.1 Å². The van der Waals surface area contributed by atoms with Crippen LogP contribution in [0.1, 0.15) is 16.6 Å². The number of benzene rings is 4. The van der Waals surface area contributed by atoms with E-state index in [1.807, 2.05) is 60.0 Å². The van der Waals surface area contributed by atoms with E-state index in [4.69, 9.17) is 9.72 Å². The molecule has 0 unspecified atom stereocenters. The lowest BCUT2D eigenvalue weighted by molar-refractivity contribution is -0.140. The number of thiazole rings is 1. The van der Waals surface area contributed by atoms with E-state index in [0.717, 1.165) is 11.3 Å². The molecule has 0 saturated heterocycles. The highest BCUT2D eigenvalue weighted by molar-refractivity contribution is 7.09. The molecule has 0 aliphatic carbocycles. The van der Waals surface area contributed by atoms with Crippen LogP contribution in [0.15, 0.2) is 109 Å². The third-order valence-electron chi connectivity index (χ3n) is 7.06. The quantitative estimate of drug-likeness (QED) is 0.202. The van der Waals surface area contributed by atoms with Gasteiger partial charge in [0.05, 0.1) is 24.9 Å². The summed E-state index contributed by atoms with van der Waals surface area (Å²) in [6, 6.07) is 28.3. The van der Waals surface area contributed by atoms with Crippen LogP contribution in [0, 0.1) is 5.82 Å². The Hall–Kier alpha value is -5.42. The third kappa shape index (κ3) is 6.32. The Bertz CT molecular complexity index is 1890. The zero-order chi connectivity index (χ0) is 30.5. The average molecular weight is 607 g/mol. The van der Waals surface area contributed by atoms with Gasteiger partial charge >= 0.3 is 0 Å². The SMILES string of the molecule is COc1ccc(NC(=O)[C@H](c2ccc(F)cc2)N(Cc2nc(-c3ccccc3)cs2)C(=O)Cn2nnc3ccccc32)cc1. The number of nitrogens with one attached hydrogen (secondary N) is 1. The Balaban J connectivity index is 1.38. The van der Waals surface area contributed by atoms with Crippen molar-refractivity contribution in [2.45, 2.75) is 19.1 Å². The van der Waals surface area contributed by atoms with Crippen molar-refractivity contribution in [1.82, 2.24) is 24.9 Å². The first-order valence-electron chi connectivity index (χ1n) is 13.8. The summed E-state index contributed by atoms with van der Waals surface area (Å²) < 4.78 is 20.8. The van der Waals surface area contributed by atoms with Gasteiger partial charge in [0.2, 0.25) is 5.91 Å². The van der Waals surface area contributed by atoms with Crippen molar-refractivity contribution in [2.24, 2.45) is 0 Å². The van der Waals surface area contributed by atoms with Crippen molar-refractivity contribution in [3.63, 3.8) is 0 Å². The second-order valence-electron chi connectivity index (χ2n) is 9.92. The highest BCUT2D eigenvalue weighted by atomic mass is 32.1. The first kappa shape index (κ1) is 28.7. The normalized spacial score (nSPS) is 11.7. The summed E-state index contributed by atoms with van der Waals surface area (Å²) in [4.78, 5) is 34.5. The fraction of sp³-hybridized carbons (Fsp3) is 0.121. The molecule has 0 bridgehead atoms. The van der Waals surface area contributed by atoms with Crippen LogP contribution in [0.25, 0.3) is 22.3 Å². The number of amides is 2. The Morgan fingerprint density at radius 2 is 1.68 bits per heavy atom. The van der Waals surface area contributed by atoms with Gasteiger partial charge in [0.15, 0.2) is 0 Å². The second kappa shape index (κ2) is 12.8. The highest BCUT2D eigenvalue weighted by Crippen LogP contribution is 2.29. The van der Waals surface area contributed by atoms with Crippen LogP contribution >= 0.6 is 11.3 Å². The van der Waals surface area contributed by atoms with Gasteiger partial charge in [-0.15, -0.1) is 16.4 Å². The number of halogens is 1. The number of anilines is 1. The van der Waals surface area contributed by atoms with E-state index in [0.29, 0.717) is 33.0 Å². The number of aromatic nitrogens is 4. The molecule has 220 valence electrons. The number of hydrogen-bond acceptors (Lipinski definition) is 7. The number of para-hydroxylation sites is 1. The van der Waals surface area contributed by atoms with Gasteiger partial charge in [0.1, 0.15) is 34.7 Å². The molecule has 4 aromatic carbocycles. The summed E-state index contributed by atoms with van der Waals surface area (Å²) in [5.41, 5.74) is 3.98. The lowest BCUT2D eigenvalue weighted by atomic mass is 10.0. The predicted molar refractivity (Wildman–Crippen MR) is 166 cm³/mol.